The van der Waals surface area contributed by atoms with Crippen molar-refractivity contribution in [2.45, 2.75) is 26.5 Å². The lowest BCUT2D eigenvalue weighted by molar-refractivity contribution is -0.127. The number of aryl methyl sites for hydroxylation is 1. The van der Waals surface area contributed by atoms with Crippen LogP contribution in [0.3, 0.4) is 0 Å². The van der Waals surface area contributed by atoms with E-state index in [2.05, 4.69) is 34.1 Å². The van der Waals surface area contributed by atoms with Gasteiger partial charge in [-0.2, -0.15) is 0 Å². The van der Waals surface area contributed by atoms with Crippen LogP contribution >= 0.6 is 23.2 Å². The van der Waals surface area contributed by atoms with Gasteiger partial charge in [0.1, 0.15) is 23.9 Å². The zero-order chi connectivity index (χ0) is 36.3. The molecule has 0 unspecified atom stereocenters. The summed E-state index contributed by atoms with van der Waals surface area (Å²) in [6.07, 6.45) is 5.84. The van der Waals surface area contributed by atoms with Crippen molar-refractivity contribution in [1.82, 2.24) is 14.8 Å². The Morgan fingerprint density at radius 2 is 1.52 bits per heavy atom. The van der Waals surface area contributed by atoms with Gasteiger partial charge in [0.25, 0.3) is 0 Å². The van der Waals surface area contributed by atoms with E-state index in [4.69, 9.17) is 42.1 Å². The van der Waals surface area contributed by atoms with E-state index >= 15 is 0 Å². The molecule has 0 radical (unpaired) electrons. The number of halogens is 2. The lowest BCUT2D eigenvalue weighted by Gasteiger charge is -2.34. The van der Waals surface area contributed by atoms with E-state index < -0.39 is 0 Å². The number of rotatable bonds is 14. The summed E-state index contributed by atoms with van der Waals surface area (Å²) in [5.41, 5.74) is 5.02. The molecule has 268 valence electrons. The van der Waals surface area contributed by atoms with Crippen LogP contribution in [-0.2, 0) is 24.4 Å². The Bertz CT molecular complexity index is 1940. The van der Waals surface area contributed by atoms with Crippen LogP contribution in [0.25, 0.3) is 6.08 Å². The third kappa shape index (κ3) is 10.3. The number of benzene rings is 4. The van der Waals surface area contributed by atoms with Gasteiger partial charge in [-0.05, 0) is 83.8 Å². The first-order valence-electron chi connectivity index (χ1n) is 17.2. The zero-order valence-corrected chi connectivity index (χ0v) is 30.8. The van der Waals surface area contributed by atoms with Gasteiger partial charge in [0, 0.05) is 61.9 Å². The zero-order valence-electron chi connectivity index (χ0n) is 29.3. The number of aromatic nitrogens is 1. The Balaban J connectivity index is 0.929. The molecule has 2 heterocycles. The second-order valence-corrected chi connectivity index (χ2v) is 13.3. The van der Waals surface area contributed by atoms with Gasteiger partial charge in [0.15, 0.2) is 5.75 Å². The molecule has 0 spiro atoms. The van der Waals surface area contributed by atoms with Gasteiger partial charge in [0.2, 0.25) is 11.8 Å². The van der Waals surface area contributed by atoms with Gasteiger partial charge < -0.3 is 23.8 Å². The van der Waals surface area contributed by atoms with Crippen LogP contribution in [0, 0.1) is 6.92 Å². The molecule has 1 saturated heterocycles. The van der Waals surface area contributed by atoms with Crippen LogP contribution in [0.1, 0.15) is 27.8 Å². The molecular formula is C42H41Cl2N3O5. The third-order valence-corrected chi connectivity index (χ3v) is 9.42. The summed E-state index contributed by atoms with van der Waals surface area (Å²) in [4.78, 5) is 21.7. The summed E-state index contributed by atoms with van der Waals surface area (Å²) < 4.78 is 22.9. The van der Waals surface area contributed by atoms with Gasteiger partial charge >= 0.3 is 0 Å². The molecule has 6 rings (SSSR count). The fraction of sp³-hybridized carbons (Fsp3) is 0.238. The van der Waals surface area contributed by atoms with Crippen molar-refractivity contribution >= 4 is 35.2 Å². The number of hydrogen-bond donors (Lipinski definition) is 0. The Morgan fingerprint density at radius 3 is 2.21 bits per heavy atom. The quantitative estimate of drug-likeness (QED) is 0.105. The number of ether oxygens (including phenoxy) is 4. The topological polar surface area (TPSA) is 73.4 Å². The number of piperazine rings is 1. The highest BCUT2D eigenvalue weighted by Crippen LogP contribution is 2.34. The number of hydrogen-bond acceptors (Lipinski definition) is 7. The molecule has 0 bridgehead atoms. The second-order valence-electron chi connectivity index (χ2n) is 12.5. The summed E-state index contributed by atoms with van der Waals surface area (Å²) in [6, 6.07) is 31.1. The molecule has 1 aliphatic rings. The van der Waals surface area contributed by atoms with Crippen molar-refractivity contribution in [2.75, 3.05) is 39.9 Å². The first-order chi connectivity index (χ1) is 25.3. The Morgan fingerprint density at radius 1 is 0.808 bits per heavy atom. The molecule has 4 aromatic carbocycles. The Hall–Kier alpha value is -5.02. The summed E-state index contributed by atoms with van der Waals surface area (Å²) in [5, 5.41) is 1.08. The molecular weight excluding hydrogens is 697 g/mol. The Labute approximate surface area is 315 Å². The molecule has 52 heavy (non-hydrogen) atoms. The minimum atomic E-state index is -0.0176. The number of methoxy groups -OCH3 is 1. The van der Waals surface area contributed by atoms with Crippen molar-refractivity contribution in [2.24, 2.45) is 0 Å². The van der Waals surface area contributed by atoms with E-state index in [0.29, 0.717) is 53.7 Å². The largest absolute Gasteiger partial charge is 0.497 e. The number of carbonyl (C=O) groups excluding carboxylic acids is 1. The van der Waals surface area contributed by atoms with E-state index in [1.807, 2.05) is 66.4 Å². The van der Waals surface area contributed by atoms with Gasteiger partial charge in [-0.25, -0.2) is 4.98 Å². The molecule has 8 nitrogen and oxygen atoms in total. The van der Waals surface area contributed by atoms with E-state index in [1.165, 1.54) is 11.1 Å². The highest BCUT2D eigenvalue weighted by molar-refractivity contribution is 6.32. The maximum atomic E-state index is 13.1. The van der Waals surface area contributed by atoms with Crippen LogP contribution in [-0.4, -0.2) is 60.6 Å². The maximum Gasteiger partial charge on any atom is 0.246 e. The maximum absolute atomic E-state index is 13.1. The number of amides is 1. The highest BCUT2D eigenvalue weighted by Gasteiger charge is 2.20. The van der Waals surface area contributed by atoms with Gasteiger partial charge in [0.05, 0.1) is 24.9 Å². The lowest BCUT2D eigenvalue weighted by atomic mass is 10.1. The predicted octanol–water partition coefficient (Wildman–Crippen LogP) is 9.06. The van der Waals surface area contributed by atoms with E-state index in [0.717, 1.165) is 54.2 Å². The van der Waals surface area contributed by atoms with Crippen molar-refractivity contribution in [3.8, 4) is 28.9 Å². The SMILES string of the molecule is COc1ccc(OCCc2ccc(CN3CCN(C(=O)/C=C/c4cc(C)c(Oc5ccc(OCc6ccccc6Cl)cn5)c(Cl)c4)CC3)cc2)cc1. The summed E-state index contributed by atoms with van der Waals surface area (Å²) >= 11 is 12.8. The van der Waals surface area contributed by atoms with Crippen LogP contribution in [0.15, 0.2) is 109 Å². The number of nitrogens with zero attached hydrogens (tertiary/aromatic N) is 3. The summed E-state index contributed by atoms with van der Waals surface area (Å²) in [6.45, 7) is 6.68. The van der Waals surface area contributed by atoms with Crippen molar-refractivity contribution in [3.63, 3.8) is 0 Å². The molecule has 1 amide bonds. The normalized spacial score (nSPS) is 13.3. The van der Waals surface area contributed by atoms with Crippen molar-refractivity contribution < 1.29 is 23.7 Å². The average Bonchev–Trinajstić information content (AvgIpc) is 3.17. The smallest absolute Gasteiger partial charge is 0.246 e. The fourth-order valence-corrected chi connectivity index (χ4v) is 6.31. The molecule has 1 aromatic heterocycles. The highest BCUT2D eigenvalue weighted by atomic mass is 35.5. The molecule has 1 aliphatic heterocycles. The predicted molar refractivity (Wildman–Crippen MR) is 206 cm³/mol. The van der Waals surface area contributed by atoms with E-state index in [-0.39, 0.29) is 5.91 Å². The van der Waals surface area contributed by atoms with E-state index in [1.54, 1.807) is 43.7 Å². The molecule has 10 heteroatoms. The fourth-order valence-electron chi connectivity index (χ4n) is 5.80. The Kier molecular flexibility index (Phi) is 12.7. The van der Waals surface area contributed by atoms with Crippen molar-refractivity contribution in [1.29, 1.82) is 0 Å². The van der Waals surface area contributed by atoms with Crippen LogP contribution in [0.2, 0.25) is 10.0 Å². The molecule has 0 aliphatic carbocycles. The average molecular weight is 739 g/mol. The van der Waals surface area contributed by atoms with E-state index in [9.17, 15) is 4.79 Å². The standard InChI is InChI=1S/C42H41Cl2N3O5/c1-30-25-33(26-39(44)42(30)52-40-17-16-37(27-45-40)51-29-34-5-3-4-6-38(34)43)11-18-41(48)47-22-20-46(21-23-47)28-32-9-7-31(8-10-32)19-24-50-36-14-12-35(49-2)13-15-36/h3-18,25-27H,19-24,28-29H2,1-2H3/b18-11+. The van der Waals surface area contributed by atoms with Crippen LogP contribution in [0.4, 0.5) is 0 Å². The van der Waals surface area contributed by atoms with Crippen molar-refractivity contribution in [3.05, 3.63) is 147 Å². The second kappa shape index (κ2) is 18.0. The van der Waals surface area contributed by atoms with Crippen LogP contribution < -0.4 is 18.9 Å². The first kappa shape index (κ1) is 36.8. The minimum Gasteiger partial charge on any atom is -0.497 e. The molecule has 0 saturated carbocycles. The lowest BCUT2D eigenvalue weighted by Crippen LogP contribution is -2.47. The summed E-state index contributed by atoms with van der Waals surface area (Å²) in [5.74, 6) is 3.12. The monoisotopic (exact) mass is 737 g/mol. The summed E-state index contributed by atoms with van der Waals surface area (Å²) in [7, 11) is 1.65. The molecule has 1 fully saturated rings. The number of carbonyl (C=O) groups is 1. The van der Waals surface area contributed by atoms with Gasteiger partial charge in [-0.15, -0.1) is 0 Å². The molecule has 0 N–H and O–H groups in total. The molecule has 5 aromatic rings. The number of pyridine rings is 1. The first-order valence-corrected chi connectivity index (χ1v) is 17.9. The third-order valence-electron chi connectivity index (χ3n) is 8.77. The van der Waals surface area contributed by atoms with Gasteiger partial charge in [-0.3, -0.25) is 9.69 Å². The molecule has 0 atom stereocenters. The van der Waals surface area contributed by atoms with Gasteiger partial charge in [-0.1, -0.05) is 65.7 Å². The van der Waals surface area contributed by atoms with Crippen LogP contribution in [0.5, 0.6) is 28.9 Å². The minimum absolute atomic E-state index is 0.0176.